The fourth-order valence-corrected chi connectivity index (χ4v) is 3.36. The molecule has 1 aromatic carbocycles. The molecule has 0 atom stereocenters. The summed E-state index contributed by atoms with van der Waals surface area (Å²) in [5.41, 5.74) is 0.759. The van der Waals surface area contributed by atoms with Crippen LogP contribution in [0.25, 0.3) is 10.2 Å². The molecule has 0 aliphatic carbocycles. The molecule has 92 valence electrons. The Morgan fingerprint density at radius 3 is 2.72 bits per heavy atom. The van der Waals surface area contributed by atoms with Crippen molar-refractivity contribution in [2.75, 3.05) is 7.11 Å². The Kier molecular flexibility index (Phi) is 5.51. The van der Waals surface area contributed by atoms with Gasteiger partial charge in [0.25, 0.3) is 0 Å². The second-order valence-corrected chi connectivity index (χ2v) is 6.35. The van der Waals surface area contributed by atoms with Crippen molar-refractivity contribution < 1.29 is 47.3 Å². The zero-order chi connectivity index (χ0) is 12.6. The molecule has 2 aromatic rings. The average molecular weight is 313 g/mol. The Labute approximate surface area is 135 Å². The van der Waals surface area contributed by atoms with Crippen LogP contribution in [0, 0.1) is 3.95 Å². The number of benzene rings is 1. The molecular formula is C9H8NNaO4S3. The van der Waals surface area contributed by atoms with Gasteiger partial charge in [0.1, 0.15) is 16.8 Å². The molecule has 18 heavy (non-hydrogen) atoms. The van der Waals surface area contributed by atoms with Crippen molar-refractivity contribution in [1.29, 1.82) is 0 Å². The molecule has 0 saturated heterocycles. The van der Waals surface area contributed by atoms with E-state index in [4.69, 9.17) is 17.0 Å². The maximum Gasteiger partial charge on any atom is 1.00 e. The predicted molar refractivity (Wildman–Crippen MR) is 65.6 cm³/mol. The first-order valence-electron chi connectivity index (χ1n) is 4.51. The van der Waals surface area contributed by atoms with E-state index in [2.05, 4.69) is 0 Å². The Hall–Kier alpha value is 0.200. The van der Waals surface area contributed by atoms with Gasteiger partial charge in [0.15, 0.2) is 3.95 Å². The van der Waals surface area contributed by atoms with E-state index in [0.29, 0.717) is 15.4 Å². The Balaban J connectivity index is 0.00000162. The van der Waals surface area contributed by atoms with Crippen molar-refractivity contribution in [2.24, 2.45) is 0 Å². The topological polar surface area (TPSA) is 71.4 Å². The number of aromatic nitrogens is 1. The zero-order valence-corrected chi connectivity index (χ0v) is 14.2. The van der Waals surface area contributed by atoms with Crippen LogP contribution in [0.4, 0.5) is 0 Å². The molecule has 0 N–H and O–H groups in total. The number of thiazole rings is 1. The molecule has 0 fully saturated rings. The molecular weight excluding hydrogens is 305 g/mol. The van der Waals surface area contributed by atoms with Gasteiger partial charge in [0.05, 0.1) is 15.1 Å². The van der Waals surface area contributed by atoms with Crippen molar-refractivity contribution in [2.45, 2.75) is 11.6 Å². The van der Waals surface area contributed by atoms with Crippen LogP contribution < -0.4 is 29.6 Å². The number of rotatable bonds is 3. The molecule has 0 spiro atoms. The molecule has 0 unspecified atom stereocenters. The van der Waals surface area contributed by atoms with Gasteiger partial charge in [-0.3, -0.25) is 4.57 Å². The van der Waals surface area contributed by atoms with Crippen molar-refractivity contribution in [1.82, 2.24) is 4.57 Å². The molecule has 0 aliphatic rings. The van der Waals surface area contributed by atoms with E-state index in [1.165, 1.54) is 23.5 Å². The molecule has 0 bridgehead atoms. The van der Waals surface area contributed by atoms with E-state index in [9.17, 15) is 13.0 Å². The van der Waals surface area contributed by atoms with Gasteiger partial charge in [-0.2, -0.15) is 0 Å². The van der Waals surface area contributed by atoms with E-state index in [-0.39, 0.29) is 34.5 Å². The van der Waals surface area contributed by atoms with Gasteiger partial charge in [-0.1, -0.05) is 0 Å². The summed E-state index contributed by atoms with van der Waals surface area (Å²) < 4.78 is 40.6. The number of methoxy groups -OCH3 is 1. The largest absolute Gasteiger partial charge is 1.00 e. The quantitative estimate of drug-likeness (QED) is 0.411. The van der Waals surface area contributed by atoms with Crippen LogP contribution in [-0.4, -0.2) is 24.6 Å². The molecule has 5 nitrogen and oxygen atoms in total. The average Bonchev–Trinajstić information content (AvgIpc) is 2.54. The standard InChI is InChI=1S/C9H9NO4S3.Na/c1-14-5-10-7-3-2-6(17(11,12)13)4-8(7)16-9(10)15;/h2-4H,5H2,1H3,(H,11,12,13);/q;+1/p-1. The molecule has 1 aromatic heterocycles. The van der Waals surface area contributed by atoms with Crippen molar-refractivity contribution in [3.05, 3.63) is 22.2 Å². The fraction of sp³-hybridized carbons (Fsp3) is 0.222. The molecule has 1 heterocycles. The number of nitrogens with zero attached hydrogens (tertiary/aromatic N) is 1. The first-order chi connectivity index (χ1) is 7.93. The van der Waals surface area contributed by atoms with Crippen LogP contribution in [0.3, 0.4) is 0 Å². The number of fused-ring (bicyclic) bond motifs is 1. The van der Waals surface area contributed by atoms with Crippen LogP contribution in [0.1, 0.15) is 0 Å². The second kappa shape index (κ2) is 6.10. The van der Waals surface area contributed by atoms with Crippen LogP contribution in [0.2, 0.25) is 0 Å². The first-order valence-corrected chi connectivity index (χ1v) is 7.15. The van der Waals surface area contributed by atoms with Crippen molar-refractivity contribution >= 4 is 43.9 Å². The molecule has 0 radical (unpaired) electrons. The van der Waals surface area contributed by atoms with Gasteiger partial charge in [0, 0.05) is 7.11 Å². The monoisotopic (exact) mass is 313 g/mol. The van der Waals surface area contributed by atoms with Crippen LogP contribution >= 0.6 is 23.6 Å². The molecule has 9 heteroatoms. The summed E-state index contributed by atoms with van der Waals surface area (Å²) in [4.78, 5) is -0.245. The molecule has 0 amide bonds. The summed E-state index contributed by atoms with van der Waals surface area (Å²) in [6, 6.07) is 4.17. The van der Waals surface area contributed by atoms with E-state index >= 15 is 0 Å². The Bertz CT molecular complexity index is 719. The zero-order valence-electron chi connectivity index (χ0n) is 9.74. The summed E-state index contributed by atoms with van der Waals surface area (Å²) in [6.45, 7) is 0.294. The van der Waals surface area contributed by atoms with E-state index < -0.39 is 10.1 Å². The van der Waals surface area contributed by atoms with Crippen LogP contribution in [0.5, 0.6) is 0 Å². The summed E-state index contributed by atoms with van der Waals surface area (Å²) in [6.07, 6.45) is 0. The second-order valence-electron chi connectivity index (χ2n) is 3.30. The minimum atomic E-state index is -4.43. The van der Waals surface area contributed by atoms with E-state index in [1.54, 1.807) is 17.7 Å². The van der Waals surface area contributed by atoms with Crippen LogP contribution in [0.15, 0.2) is 23.1 Å². The third kappa shape index (κ3) is 3.20. The van der Waals surface area contributed by atoms with Crippen molar-refractivity contribution in [3.8, 4) is 0 Å². The van der Waals surface area contributed by atoms with Gasteiger partial charge >= 0.3 is 29.6 Å². The maximum atomic E-state index is 10.9. The smallest absolute Gasteiger partial charge is 0.744 e. The van der Waals surface area contributed by atoms with Gasteiger partial charge < -0.3 is 9.29 Å². The Morgan fingerprint density at radius 2 is 2.17 bits per heavy atom. The fourth-order valence-electron chi connectivity index (χ4n) is 1.45. The van der Waals surface area contributed by atoms with E-state index in [0.717, 1.165) is 5.52 Å². The molecule has 0 aliphatic heterocycles. The summed E-state index contributed by atoms with van der Waals surface area (Å²) >= 11 is 6.37. The van der Waals surface area contributed by atoms with Gasteiger partial charge in [-0.05, 0) is 30.4 Å². The summed E-state index contributed by atoms with van der Waals surface area (Å²) in [5, 5.41) is 0. The minimum absolute atomic E-state index is 0. The SMILES string of the molecule is COCn1c(=S)sc2cc(S(=O)(=O)[O-])ccc21.[Na+]. The first kappa shape index (κ1) is 16.3. The third-order valence-corrected chi connectivity index (χ3v) is 4.43. The summed E-state index contributed by atoms with van der Waals surface area (Å²) in [7, 11) is -2.88. The summed E-state index contributed by atoms with van der Waals surface area (Å²) in [5.74, 6) is 0. The maximum absolute atomic E-state index is 10.9. The van der Waals surface area contributed by atoms with Crippen LogP contribution in [-0.2, 0) is 21.6 Å². The third-order valence-electron chi connectivity index (χ3n) is 2.19. The van der Waals surface area contributed by atoms with Gasteiger partial charge in [0.2, 0.25) is 0 Å². The minimum Gasteiger partial charge on any atom is -0.744 e. The van der Waals surface area contributed by atoms with E-state index in [1.807, 2.05) is 0 Å². The molecule has 0 saturated carbocycles. The normalized spacial score (nSPS) is 11.4. The number of hydrogen-bond donors (Lipinski definition) is 0. The predicted octanol–water partition coefficient (Wildman–Crippen LogP) is -1.06. The van der Waals surface area contributed by atoms with Crippen molar-refractivity contribution in [3.63, 3.8) is 0 Å². The number of ether oxygens (including phenoxy) is 1. The number of hydrogen-bond acceptors (Lipinski definition) is 6. The Morgan fingerprint density at radius 1 is 1.50 bits per heavy atom. The van der Waals surface area contributed by atoms with Gasteiger partial charge in [-0.15, -0.1) is 11.3 Å². The van der Waals surface area contributed by atoms with Gasteiger partial charge in [-0.25, -0.2) is 8.42 Å². The molecule has 2 rings (SSSR count).